The summed E-state index contributed by atoms with van der Waals surface area (Å²) in [6.45, 7) is 1.51. The molecule has 26 heavy (non-hydrogen) atoms. The monoisotopic (exact) mass is 410 g/mol. The number of benzene rings is 1. The highest BCUT2D eigenvalue weighted by molar-refractivity contribution is 8.18. The summed E-state index contributed by atoms with van der Waals surface area (Å²) in [6.07, 6.45) is 1.64. The highest BCUT2D eigenvalue weighted by atomic mass is 35.5. The summed E-state index contributed by atoms with van der Waals surface area (Å²) in [7, 11) is 0. The predicted octanol–water partition coefficient (Wildman–Crippen LogP) is 4.52. The number of hydrogen-bond acceptors (Lipinski definition) is 5. The van der Waals surface area contributed by atoms with Crippen LogP contribution in [0.5, 0.6) is 0 Å². The van der Waals surface area contributed by atoms with E-state index in [-0.39, 0.29) is 15.6 Å². The van der Waals surface area contributed by atoms with Gasteiger partial charge in [0.2, 0.25) is 5.91 Å². The number of nitrogens with one attached hydrogen (secondary N) is 1. The fourth-order valence-corrected chi connectivity index (χ4v) is 4.12. The molecule has 1 aromatic carbocycles. The molecule has 134 valence electrons. The van der Waals surface area contributed by atoms with Crippen LogP contribution in [0, 0.1) is 12.7 Å². The Kier molecular flexibility index (Phi) is 5.45. The number of thioether (sulfide) groups is 1. The largest absolute Gasteiger partial charge is 0.324 e. The maximum atomic E-state index is 13.1. The molecule has 9 heteroatoms. The van der Waals surface area contributed by atoms with E-state index in [9.17, 15) is 18.8 Å². The predicted molar refractivity (Wildman–Crippen MR) is 102 cm³/mol. The number of carbonyl (C=O) groups excluding carboxylic acids is 3. The van der Waals surface area contributed by atoms with Crippen molar-refractivity contribution in [1.29, 1.82) is 0 Å². The van der Waals surface area contributed by atoms with Gasteiger partial charge in [-0.1, -0.05) is 11.6 Å². The molecule has 1 aromatic heterocycles. The lowest BCUT2D eigenvalue weighted by atomic mass is 10.3. The zero-order valence-electron chi connectivity index (χ0n) is 13.4. The number of nitrogens with zero attached hydrogens (tertiary/aromatic N) is 1. The molecule has 1 saturated heterocycles. The first kappa shape index (κ1) is 18.6. The number of hydrogen-bond donors (Lipinski definition) is 1. The second kappa shape index (κ2) is 7.61. The molecule has 1 fully saturated rings. The number of halogens is 2. The van der Waals surface area contributed by atoms with Crippen molar-refractivity contribution >= 4 is 63.5 Å². The van der Waals surface area contributed by atoms with Crippen LogP contribution in [0.3, 0.4) is 0 Å². The normalized spacial score (nSPS) is 15.8. The summed E-state index contributed by atoms with van der Waals surface area (Å²) in [6, 6.07) is 7.48. The van der Waals surface area contributed by atoms with Gasteiger partial charge in [-0.25, -0.2) is 4.39 Å². The van der Waals surface area contributed by atoms with Crippen LogP contribution in [0.4, 0.5) is 14.9 Å². The van der Waals surface area contributed by atoms with Gasteiger partial charge in [0.1, 0.15) is 12.4 Å². The van der Waals surface area contributed by atoms with Crippen molar-refractivity contribution < 1.29 is 18.8 Å². The minimum atomic E-state index is -0.607. The number of thiophene rings is 1. The average molecular weight is 411 g/mol. The standard InChI is InChI=1S/C17H12ClFN2O3S2/c1-9-2-4-11(25-9)7-14-16(23)21(17(24)26-14)8-15(22)20-10-3-5-13(19)12(18)6-10/h2-7H,8H2,1H3,(H,20,22)/b14-7+. The van der Waals surface area contributed by atoms with E-state index in [1.807, 2.05) is 19.1 Å². The second-order valence-corrected chi connectivity index (χ2v) is 8.11. The van der Waals surface area contributed by atoms with E-state index in [1.165, 1.54) is 23.5 Å². The second-order valence-electron chi connectivity index (χ2n) is 5.39. The van der Waals surface area contributed by atoms with Crippen LogP contribution in [0.1, 0.15) is 9.75 Å². The Balaban J connectivity index is 1.68. The SMILES string of the molecule is Cc1ccc(/C=C2/SC(=O)N(CC(=O)Nc3ccc(F)c(Cl)c3)C2=O)s1. The van der Waals surface area contributed by atoms with Gasteiger partial charge in [-0.15, -0.1) is 11.3 Å². The summed E-state index contributed by atoms with van der Waals surface area (Å²) >= 11 is 7.95. The number of carbonyl (C=O) groups is 3. The van der Waals surface area contributed by atoms with E-state index in [1.54, 1.807) is 6.08 Å². The molecule has 0 saturated carbocycles. The van der Waals surface area contributed by atoms with Gasteiger partial charge < -0.3 is 5.32 Å². The van der Waals surface area contributed by atoms with E-state index < -0.39 is 29.4 Å². The maximum absolute atomic E-state index is 13.1. The number of anilines is 1. The number of amides is 3. The Morgan fingerprint density at radius 1 is 1.31 bits per heavy atom. The quantitative estimate of drug-likeness (QED) is 0.752. The van der Waals surface area contributed by atoms with Gasteiger partial charge in [-0.2, -0.15) is 0 Å². The number of rotatable bonds is 4. The fourth-order valence-electron chi connectivity index (χ4n) is 2.21. The van der Waals surface area contributed by atoms with Crippen molar-refractivity contribution in [3.05, 3.63) is 55.8 Å². The Morgan fingerprint density at radius 3 is 2.73 bits per heavy atom. The molecular weight excluding hydrogens is 399 g/mol. The molecule has 1 aliphatic heterocycles. The zero-order valence-corrected chi connectivity index (χ0v) is 15.8. The van der Waals surface area contributed by atoms with Crippen molar-refractivity contribution in [3.8, 4) is 0 Å². The van der Waals surface area contributed by atoms with Crippen LogP contribution in [0.2, 0.25) is 5.02 Å². The van der Waals surface area contributed by atoms with Crippen molar-refractivity contribution in [2.24, 2.45) is 0 Å². The van der Waals surface area contributed by atoms with Crippen LogP contribution in [-0.2, 0) is 9.59 Å². The van der Waals surface area contributed by atoms with Crippen molar-refractivity contribution in [3.63, 3.8) is 0 Å². The van der Waals surface area contributed by atoms with E-state index in [0.29, 0.717) is 0 Å². The summed E-state index contributed by atoms with van der Waals surface area (Å²) in [5.74, 6) is -1.70. The minimum absolute atomic E-state index is 0.136. The molecule has 0 radical (unpaired) electrons. The Hall–Kier alpha value is -2.16. The topological polar surface area (TPSA) is 66.5 Å². The third kappa shape index (κ3) is 4.14. The van der Waals surface area contributed by atoms with Gasteiger partial charge >= 0.3 is 0 Å². The highest BCUT2D eigenvalue weighted by Gasteiger charge is 2.36. The van der Waals surface area contributed by atoms with Crippen LogP contribution < -0.4 is 5.32 Å². The number of aryl methyl sites for hydroxylation is 1. The van der Waals surface area contributed by atoms with E-state index in [4.69, 9.17) is 11.6 Å². The van der Waals surface area contributed by atoms with Gasteiger partial charge in [-0.3, -0.25) is 19.3 Å². The third-order valence-electron chi connectivity index (χ3n) is 3.41. The van der Waals surface area contributed by atoms with Gasteiger partial charge in [-0.05, 0) is 55.1 Å². The molecule has 0 bridgehead atoms. The van der Waals surface area contributed by atoms with E-state index in [2.05, 4.69) is 5.32 Å². The minimum Gasteiger partial charge on any atom is -0.324 e. The zero-order chi connectivity index (χ0) is 18.8. The molecule has 5 nitrogen and oxygen atoms in total. The van der Waals surface area contributed by atoms with Gasteiger partial charge in [0.05, 0.1) is 9.93 Å². The first-order valence-corrected chi connectivity index (χ1v) is 9.41. The maximum Gasteiger partial charge on any atom is 0.294 e. The fraction of sp³-hybridized carbons (Fsp3) is 0.118. The van der Waals surface area contributed by atoms with Crippen LogP contribution in [0.25, 0.3) is 6.08 Å². The van der Waals surface area contributed by atoms with Crippen LogP contribution >= 0.6 is 34.7 Å². The lowest BCUT2D eigenvalue weighted by molar-refractivity contribution is -0.127. The average Bonchev–Trinajstić information content (AvgIpc) is 3.09. The summed E-state index contributed by atoms with van der Waals surface area (Å²) in [5.41, 5.74) is 0.276. The van der Waals surface area contributed by atoms with Gasteiger partial charge in [0.25, 0.3) is 11.1 Å². The van der Waals surface area contributed by atoms with Crippen LogP contribution in [0.15, 0.2) is 35.2 Å². The summed E-state index contributed by atoms with van der Waals surface area (Å²) in [4.78, 5) is 39.6. The Labute approximate surface area is 161 Å². The van der Waals surface area contributed by atoms with Crippen molar-refractivity contribution in [1.82, 2.24) is 4.90 Å². The molecule has 0 spiro atoms. The van der Waals surface area contributed by atoms with Gasteiger partial charge in [0.15, 0.2) is 0 Å². The molecule has 3 amide bonds. The van der Waals surface area contributed by atoms with E-state index >= 15 is 0 Å². The smallest absolute Gasteiger partial charge is 0.294 e. The molecule has 1 N–H and O–H groups in total. The molecule has 0 aliphatic carbocycles. The third-order valence-corrected chi connectivity index (χ3v) is 5.56. The molecular formula is C17H12ClFN2O3S2. The molecule has 0 atom stereocenters. The molecule has 2 aromatic rings. The first-order chi connectivity index (χ1) is 12.3. The lowest BCUT2D eigenvalue weighted by Gasteiger charge is -2.12. The highest BCUT2D eigenvalue weighted by Crippen LogP contribution is 2.33. The summed E-state index contributed by atoms with van der Waals surface area (Å²) in [5, 5.41) is 1.83. The summed E-state index contributed by atoms with van der Waals surface area (Å²) < 4.78 is 13.1. The van der Waals surface area contributed by atoms with Gasteiger partial charge in [0, 0.05) is 15.4 Å². The van der Waals surface area contributed by atoms with Crippen molar-refractivity contribution in [2.45, 2.75) is 6.92 Å². The molecule has 2 heterocycles. The molecule has 3 rings (SSSR count). The lowest BCUT2D eigenvalue weighted by Crippen LogP contribution is -2.36. The van der Waals surface area contributed by atoms with Crippen LogP contribution in [-0.4, -0.2) is 28.5 Å². The molecule has 0 unspecified atom stereocenters. The Bertz CT molecular complexity index is 942. The number of imide groups is 1. The Morgan fingerprint density at radius 2 is 2.08 bits per heavy atom. The van der Waals surface area contributed by atoms with Crippen molar-refractivity contribution in [2.75, 3.05) is 11.9 Å². The van der Waals surface area contributed by atoms with E-state index in [0.717, 1.165) is 32.5 Å². The molecule has 1 aliphatic rings. The first-order valence-electron chi connectivity index (χ1n) is 7.40.